The first-order valence-electron chi connectivity index (χ1n) is 9.34. The van der Waals surface area contributed by atoms with E-state index in [4.69, 9.17) is 0 Å². The normalized spacial score (nSPS) is 26.3. The predicted octanol–water partition coefficient (Wildman–Crippen LogP) is 2.72. The van der Waals surface area contributed by atoms with Crippen molar-refractivity contribution in [1.29, 1.82) is 0 Å². The van der Waals surface area contributed by atoms with Crippen LogP contribution in [-0.2, 0) is 11.2 Å². The summed E-state index contributed by atoms with van der Waals surface area (Å²) in [5, 5.41) is 20.9. The van der Waals surface area contributed by atoms with Crippen molar-refractivity contribution >= 4 is 5.91 Å². The molecule has 0 spiro atoms. The second kappa shape index (κ2) is 6.98. The molecule has 1 fully saturated rings. The highest BCUT2D eigenvalue weighted by molar-refractivity contribution is 5.81. The number of fused-ring (bicyclic) bond motifs is 1. The Hall–Kier alpha value is -2.80. The second-order valence-electron chi connectivity index (χ2n) is 7.75. The summed E-state index contributed by atoms with van der Waals surface area (Å²) in [6.45, 7) is -0.0247. The number of carbonyl (C=O) groups excluding carboxylic acids is 1. The number of hydrogen-bond donors (Lipinski definition) is 1. The lowest BCUT2D eigenvalue weighted by molar-refractivity contribution is -0.506. The van der Waals surface area contributed by atoms with Crippen molar-refractivity contribution in [1.82, 2.24) is 4.90 Å². The molecule has 7 heteroatoms. The predicted molar refractivity (Wildman–Crippen MR) is 99.6 cm³/mol. The molecule has 1 heterocycles. The fourth-order valence-electron chi connectivity index (χ4n) is 4.44. The highest BCUT2D eigenvalue weighted by atomic mass is 19.1. The van der Waals surface area contributed by atoms with Crippen LogP contribution in [0.3, 0.4) is 0 Å². The zero-order valence-electron chi connectivity index (χ0n) is 15.3. The smallest absolute Gasteiger partial charge is 0.232 e. The van der Waals surface area contributed by atoms with Gasteiger partial charge in [0.15, 0.2) is 0 Å². The van der Waals surface area contributed by atoms with Crippen LogP contribution in [-0.4, -0.2) is 39.5 Å². The fourth-order valence-corrected chi connectivity index (χ4v) is 4.44. The average Bonchev–Trinajstić information content (AvgIpc) is 2.65. The van der Waals surface area contributed by atoms with E-state index in [-0.39, 0.29) is 30.6 Å². The molecular weight excluding hydrogens is 363 g/mol. The Balaban J connectivity index is 1.61. The third-order valence-corrected chi connectivity index (χ3v) is 5.78. The molecular formula is C21H21FN2O4. The highest BCUT2D eigenvalue weighted by Gasteiger charge is 2.51. The van der Waals surface area contributed by atoms with E-state index in [0.29, 0.717) is 13.0 Å². The lowest BCUT2D eigenvalue weighted by atomic mass is 9.69. The van der Waals surface area contributed by atoms with Crippen molar-refractivity contribution < 1.29 is 19.2 Å². The molecule has 2 aromatic carbocycles. The van der Waals surface area contributed by atoms with E-state index < -0.39 is 23.0 Å². The van der Waals surface area contributed by atoms with Gasteiger partial charge in [0.2, 0.25) is 12.5 Å². The first-order valence-corrected chi connectivity index (χ1v) is 9.34. The van der Waals surface area contributed by atoms with Crippen molar-refractivity contribution in [2.75, 3.05) is 13.1 Å². The zero-order chi connectivity index (χ0) is 19.9. The quantitative estimate of drug-likeness (QED) is 0.649. The first-order chi connectivity index (χ1) is 13.4. The SMILES string of the molecule is O=C(C1CC(O)(C[N+](=O)[O-])C1)N1CCc2ccccc2[C@@H]1c1ccc(F)cc1. The van der Waals surface area contributed by atoms with Crippen molar-refractivity contribution in [3.63, 3.8) is 0 Å². The van der Waals surface area contributed by atoms with Gasteiger partial charge in [0.05, 0.1) is 6.04 Å². The van der Waals surface area contributed by atoms with Crippen LogP contribution in [0.25, 0.3) is 0 Å². The summed E-state index contributed by atoms with van der Waals surface area (Å²) in [4.78, 5) is 25.1. The van der Waals surface area contributed by atoms with Gasteiger partial charge in [-0.25, -0.2) is 4.39 Å². The van der Waals surface area contributed by atoms with Crippen LogP contribution in [0.2, 0.25) is 0 Å². The van der Waals surface area contributed by atoms with E-state index in [2.05, 4.69) is 0 Å². The molecule has 0 bridgehead atoms. The standard InChI is InChI=1S/C21H21FN2O4/c22-17-7-5-15(6-8-17)19-18-4-2-1-3-14(18)9-10-23(19)20(25)16-11-21(26,12-16)13-24(27)28/h1-8,16,19,26H,9-13H2/t16?,19-,21?/m0/s1. The number of benzene rings is 2. The molecule has 1 aliphatic carbocycles. The molecule has 0 saturated heterocycles. The molecule has 4 rings (SSSR count). The Kier molecular flexibility index (Phi) is 4.63. The molecule has 1 atom stereocenters. The summed E-state index contributed by atoms with van der Waals surface area (Å²) in [5.41, 5.74) is 1.58. The van der Waals surface area contributed by atoms with Crippen molar-refractivity contribution in [3.8, 4) is 0 Å². The van der Waals surface area contributed by atoms with E-state index >= 15 is 0 Å². The van der Waals surface area contributed by atoms with E-state index in [0.717, 1.165) is 16.7 Å². The molecule has 1 amide bonds. The van der Waals surface area contributed by atoms with Crippen LogP contribution in [0.15, 0.2) is 48.5 Å². The van der Waals surface area contributed by atoms with E-state index in [9.17, 15) is 24.4 Å². The summed E-state index contributed by atoms with van der Waals surface area (Å²) in [6, 6.07) is 13.7. The fraction of sp³-hybridized carbons (Fsp3) is 0.381. The van der Waals surface area contributed by atoms with E-state index in [1.165, 1.54) is 12.1 Å². The summed E-state index contributed by atoms with van der Waals surface area (Å²) >= 11 is 0. The lowest BCUT2D eigenvalue weighted by Crippen LogP contribution is -2.55. The third kappa shape index (κ3) is 3.38. The molecule has 0 radical (unpaired) electrons. The molecule has 6 nitrogen and oxygen atoms in total. The van der Waals surface area contributed by atoms with Crippen molar-refractivity contribution in [3.05, 3.63) is 81.2 Å². The Bertz CT molecular complexity index is 909. The van der Waals surface area contributed by atoms with Crippen LogP contribution in [0.5, 0.6) is 0 Å². The second-order valence-corrected chi connectivity index (χ2v) is 7.75. The summed E-state index contributed by atoms with van der Waals surface area (Å²) in [6.07, 6.45) is 0.910. The molecule has 1 saturated carbocycles. The monoisotopic (exact) mass is 384 g/mol. The minimum absolute atomic E-state index is 0.0983. The molecule has 28 heavy (non-hydrogen) atoms. The van der Waals surface area contributed by atoms with Crippen LogP contribution in [0.4, 0.5) is 4.39 Å². The number of hydrogen-bond acceptors (Lipinski definition) is 4. The van der Waals surface area contributed by atoms with Gasteiger partial charge in [0.1, 0.15) is 11.4 Å². The number of aliphatic hydroxyl groups is 1. The number of halogens is 1. The Labute approximate surface area is 161 Å². The topological polar surface area (TPSA) is 83.7 Å². The Morgan fingerprint density at radius 3 is 2.57 bits per heavy atom. The first kappa shape index (κ1) is 18.6. The lowest BCUT2D eigenvalue weighted by Gasteiger charge is -2.45. The zero-order valence-corrected chi connectivity index (χ0v) is 15.3. The van der Waals surface area contributed by atoms with Crippen LogP contribution >= 0.6 is 0 Å². The number of rotatable bonds is 4. The van der Waals surface area contributed by atoms with Crippen LogP contribution in [0.1, 0.15) is 35.6 Å². The molecule has 1 aliphatic heterocycles. The van der Waals surface area contributed by atoms with Gasteiger partial charge in [-0.1, -0.05) is 36.4 Å². The summed E-state index contributed by atoms with van der Waals surface area (Å²) in [5.74, 6) is -0.885. The minimum atomic E-state index is -1.40. The number of nitrogens with zero attached hydrogens (tertiary/aromatic N) is 2. The summed E-state index contributed by atoms with van der Waals surface area (Å²) in [7, 11) is 0. The van der Waals surface area contributed by atoms with Gasteiger partial charge in [-0.15, -0.1) is 0 Å². The molecule has 2 aliphatic rings. The van der Waals surface area contributed by atoms with Gasteiger partial charge in [-0.2, -0.15) is 0 Å². The van der Waals surface area contributed by atoms with E-state index in [1.54, 1.807) is 17.0 Å². The van der Waals surface area contributed by atoms with E-state index in [1.807, 2.05) is 24.3 Å². The van der Waals surface area contributed by atoms with Gasteiger partial charge >= 0.3 is 0 Å². The Morgan fingerprint density at radius 2 is 1.89 bits per heavy atom. The van der Waals surface area contributed by atoms with Gasteiger partial charge < -0.3 is 10.0 Å². The van der Waals surface area contributed by atoms with Gasteiger partial charge in [-0.3, -0.25) is 14.9 Å². The molecule has 146 valence electrons. The van der Waals surface area contributed by atoms with Crippen molar-refractivity contribution in [2.45, 2.75) is 30.9 Å². The maximum Gasteiger partial charge on any atom is 0.232 e. The Morgan fingerprint density at radius 1 is 1.21 bits per heavy atom. The number of nitro groups is 1. The van der Waals surface area contributed by atoms with Gasteiger partial charge in [-0.05, 0) is 48.1 Å². The van der Waals surface area contributed by atoms with Crippen LogP contribution < -0.4 is 0 Å². The number of amides is 1. The average molecular weight is 384 g/mol. The maximum absolute atomic E-state index is 13.4. The number of carbonyl (C=O) groups is 1. The van der Waals surface area contributed by atoms with Crippen LogP contribution in [0, 0.1) is 21.8 Å². The third-order valence-electron chi connectivity index (χ3n) is 5.78. The molecule has 0 unspecified atom stereocenters. The highest BCUT2D eigenvalue weighted by Crippen LogP contribution is 2.43. The largest absolute Gasteiger partial charge is 0.383 e. The summed E-state index contributed by atoms with van der Waals surface area (Å²) < 4.78 is 13.4. The minimum Gasteiger partial charge on any atom is -0.383 e. The van der Waals surface area contributed by atoms with Gasteiger partial charge in [0.25, 0.3) is 0 Å². The molecule has 0 aromatic heterocycles. The molecule has 1 N–H and O–H groups in total. The molecule has 2 aromatic rings. The van der Waals surface area contributed by atoms with Crippen molar-refractivity contribution in [2.24, 2.45) is 5.92 Å². The maximum atomic E-state index is 13.4. The van der Waals surface area contributed by atoms with Gasteiger partial charge in [0, 0.05) is 17.4 Å².